The van der Waals surface area contributed by atoms with Gasteiger partial charge in [0.25, 0.3) is 11.5 Å². The van der Waals surface area contributed by atoms with Crippen LogP contribution < -0.4 is 5.56 Å². The second-order valence-corrected chi connectivity index (χ2v) is 8.20. The summed E-state index contributed by atoms with van der Waals surface area (Å²) in [5.41, 5.74) is 1.54. The number of ether oxygens (including phenoxy) is 1. The number of amides is 1. The van der Waals surface area contributed by atoms with E-state index in [1.54, 1.807) is 15.7 Å². The molecule has 8 heteroatoms. The Balaban J connectivity index is 1.57. The van der Waals surface area contributed by atoms with E-state index in [0.29, 0.717) is 18.7 Å². The fourth-order valence-corrected chi connectivity index (χ4v) is 4.34. The third-order valence-corrected chi connectivity index (χ3v) is 6.10. The van der Waals surface area contributed by atoms with E-state index >= 15 is 0 Å². The first-order chi connectivity index (χ1) is 14.5. The number of morpholine rings is 1. The quantitative estimate of drug-likeness (QED) is 0.746. The van der Waals surface area contributed by atoms with Crippen LogP contribution in [0.15, 0.2) is 27.6 Å². The number of carbonyl (C=O) groups is 1. The molecule has 2 saturated heterocycles. The number of pyridine rings is 1. The first-order valence-corrected chi connectivity index (χ1v) is 10.8. The summed E-state index contributed by atoms with van der Waals surface area (Å²) < 4.78 is 12.3. The highest BCUT2D eigenvalue weighted by Gasteiger charge is 2.32. The Morgan fingerprint density at radius 3 is 2.70 bits per heavy atom. The molecule has 2 aliphatic rings. The fraction of sp³-hybridized carbons (Fsp3) is 0.591. The molecule has 162 valence electrons. The van der Waals surface area contributed by atoms with E-state index in [9.17, 15) is 9.59 Å². The van der Waals surface area contributed by atoms with E-state index in [-0.39, 0.29) is 23.1 Å². The molecule has 0 spiro atoms. The Labute approximate surface area is 176 Å². The molecule has 0 radical (unpaired) electrons. The number of piperidine rings is 1. The largest absolute Gasteiger partial charge is 0.379 e. The summed E-state index contributed by atoms with van der Waals surface area (Å²) in [6.07, 6.45) is 4.58. The lowest BCUT2D eigenvalue weighted by atomic mass is 9.97. The zero-order chi connectivity index (χ0) is 21.1. The average molecular weight is 415 g/mol. The molecule has 0 aromatic carbocycles. The molecule has 0 aliphatic carbocycles. The molecule has 2 aromatic heterocycles. The van der Waals surface area contributed by atoms with Gasteiger partial charge in [-0.1, -0.05) is 5.16 Å². The standard InChI is InChI=1S/C22H30N4O4/c1-16-6-8-25(10-9-24-11-13-29-14-12-24)21(27)20(16)22(28)26-7-4-3-5-19(26)18-15-17(2)30-23-18/h6,8,15,19H,3-5,7,9-14H2,1-2H3. The van der Waals surface area contributed by atoms with Crippen molar-refractivity contribution in [2.24, 2.45) is 0 Å². The molecule has 1 unspecified atom stereocenters. The predicted molar refractivity (Wildman–Crippen MR) is 112 cm³/mol. The van der Waals surface area contributed by atoms with Gasteiger partial charge in [0.2, 0.25) is 0 Å². The Kier molecular flexibility index (Phi) is 6.34. The van der Waals surface area contributed by atoms with Crippen LogP contribution in [0.3, 0.4) is 0 Å². The summed E-state index contributed by atoms with van der Waals surface area (Å²) >= 11 is 0. The Morgan fingerprint density at radius 1 is 1.17 bits per heavy atom. The number of hydrogen-bond acceptors (Lipinski definition) is 6. The van der Waals surface area contributed by atoms with Gasteiger partial charge in [0.15, 0.2) is 0 Å². The maximum absolute atomic E-state index is 13.5. The maximum Gasteiger partial charge on any atom is 0.263 e. The molecule has 4 heterocycles. The lowest BCUT2D eigenvalue weighted by molar-refractivity contribution is 0.0362. The maximum atomic E-state index is 13.5. The molecule has 4 rings (SSSR count). The molecular weight excluding hydrogens is 384 g/mol. The van der Waals surface area contributed by atoms with Crippen LogP contribution in [0.25, 0.3) is 0 Å². The van der Waals surface area contributed by atoms with Crippen LogP contribution in [-0.4, -0.2) is 64.8 Å². The van der Waals surface area contributed by atoms with Crippen molar-refractivity contribution in [3.63, 3.8) is 0 Å². The lowest BCUT2D eigenvalue weighted by Crippen LogP contribution is -2.43. The predicted octanol–water partition coefficient (Wildman–Crippen LogP) is 2.15. The summed E-state index contributed by atoms with van der Waals surface area (Å²) in [4.78, 5) is 30.8. The second kappa shape index (κ2) is 9.14. The minimum absolute atomic E-state index is 0.149. The van der Waals surface area contributed by atoms with Crippen LogP contribution in [-0.2, 0) is 11.3 Å². The van der Waals surface area contributed by atoms with Crippen molar-refractivity contribution in [1.29, 1.82) is 0 Å². The molecular formula is C22H30N4O4. The van der Waals surface area contributed by atoms with Crippen molar-refractivity contribution in [3.05, 3.63) is 51.3 Å². The van der Waals surface area contributed by atoms with Crippen molar-refractivity contribution < 1.29 is 14.1 Å². The van der Waals surface area contributed by atoms with Crippen molar-refractivity contribution in [1.82, 2.24) is 19.5 Å². The Hall–Kier alpha value is -2.45. The number of aromatic nitrogens is 2. The molecule has 2 fully saturated rings. The van der Waals surface area contributed by atoms with E-state index in [4.69, 9.17) is 9.26 Å². The fourth-order valence-electron chi connectivity index (χ4n) is 4.34. The molecule has 1 atom stereocenters. The molecule has 30 heavy (non-hydrogen) atoms. The minimum atomic E-state index is -0.214. The number of aryl methyl sites for hydroxylation is 2. The number of rotatable bonds is 5. The molecule has 8 nitrogen and oxygen atoms in total. The third kappa shape index (κ3) is 4.34. The van der Waals surface area contributed by atoms with Gasteiger partial charge in [0, 0.05) is 45.0 Å². The van der Waals surface area contributed by atoms with Gasteiger partial charge in [-0.05, 0) is 44.7 Å². The molecule has 1 amide bonds. The Bertz CT molecular complexity index is 945. The van der Waals surface area contributed by atoms with E-state index in [0.717, 1.165) is 63.6 Å². The van der Waals surface area contributed by atoms with E-state index in [1.807, 2.05) is 26.0 Å². The average Bonchev–Trinajstić information content (AvgIpc) is 3.20. The minimum Gasteiger partial charge on any atom is -0.379 e. The first-order valence-electron chi connectivity index (χ1n) is 10.8. The van der Waals surface area contributed by atoms with Gasteiger partial charge in [-0.25, -0.2) is 0 Å². The van der Waals surface area contributed by atoms with Crippen LogP contribution >= 0.6 is 0 Å². The van der Waals surface area contributed by atoms with Gasteiger partial charge >= 0.3 is 0 Å². The topological polar surface area (TPSA) is 80.8 Å². The molecule has 0 bridgehead atoms. The van der Waals surface area contributed by atoms with Crippen molar-refractivity contribution in [2.45, 2.75) is 45.7 Å². The highest BCUT2D eigenvalue weighted by atomic mass is 16.5. The first kappa shape index (κ1) is 20.8. The van der Waals surface area contributed by atoms with Gasteiger partial charge < -0.3 is 18.7 Å². The molecule has 0 saturated carbocycles. The van der Waals surface area contributed by atoms with Gasteiger partial charge in [-0.15, -0.1) is 0 Å². The van der Waals surface area contributed by atoms with Crippen molar-refractivity contribution >= 4 is 5.91 Å². The smallest absolute Gasteiger partial charge is 0.263 e. The van der Waals surface area contributed by atoms with E-state index in [1.165, 1.54) is 0 Å². The summed E-state index contributed by atoms with van der Waals surface area (Å²) in [5.74, 6) is 0.521. The molecule has 2 aliphatic heterocycles. The summed E-state index contributed by atoms with van der Waals surface area (Å²) in [5, 5.41) is 4.14. The second-order valence-electron chi connectivity index (χ2n) is 8.20. The van der Waals surface area contributed by atoms with Crippen LogP contribution in [0.1, 0.15) is 52.7 Å². The highest BCUT2D eigenvalue weighted by Crippen LogP contribution is 2.31. The Morgan fingerprint density at radius 2 is 1.97 bits per heavy atom. The molecule has 2 aromatic rings. The molecule has 0 N–H and O–H groups in total. The van der Waals surface area contributed by atoms with Gasteiger partial charge in [-0.3, -0.25) is 14.5 Å². The van der Waals surface area contributed by atoms with Crippen LogP contribution in [0.4, 0.5) is 0 Å². The summed E-state index contributed by atoms with van der Waals surface area (Å²) in [6, 6.07) is 3.60. The van der Waals surface area contributed by atoms with Gasteiger partial charge in [0.1, 0.15) is 17.0 Å². The van der Waals surface area contributed by atoms with E-state index < -0.39 is 0 Å². The van der Waals surface area contributed by atoms with Crippen LogP contribution in [0, 0.1) is 13.8 Å². The van der Waals surface area contributed by atoms with Gasteiger partial charge in [0.05, 0.1) is 19.3 Å². The summed E-state index contributed by atoms with van der Waals surface area (Å²) in [7, 11) is 0. The zero-order valence-corrected chi connectivity index (χ0v) is 17.8. The number of hydrogen-bond donors (Lipinski definition) is 0. The normalized spacial score (nSPS) is 20.5. The lowest BCUT2D eigenvalue weighted by Gasteiger charge is -2.34. The number of likely N-dealkylation sites (tertiary alicyclic amines) is 1. The number of carbonyl (C=O) groups excluding carboxylic acids is 1. The monoisotopic (exact) mass is 414 g/mol. The summed E-state index contributed by atoms with van der Waals surface area (Å²) in [6.45, 7) is 8.83. The van der Waals surface area contributed by atoms with E-state index in [2.05, 4.69) is 10.1 Å². The SMILES string of the molecule is Cc1cc(C2CCCCN2C(=O)c2c(C)ccn(CCN3CCOCC3)c2=O)no1. The van der Waals surface area contributed by atoms with Gasteiger partial charge in [-0.2, -0.15) is 0 Å². The van der Waals surface area contributed by atoms with Crippen LogP contribution in [0.5, 0.6) is 0 Å². The van der Waals surface area contributed by atoms with Crippen molar-refractivity contribution in [2.75, 3.05) is 39.4 Å². The van der Waals surface area contributed by atoms with Crippen molar-refractivity contribution in [3.8, 4) is 0 Å². The zero-order valence-electron chi connectivity index (χ0n) is 17.8. The number of nitrogens with zero attached hydrogens (tertiary/aromatic N) is 4. The highest BCUT2D eigenvalue weighted by molar-refractivity contribution is 5.95. The third-order valence-electron chi connectivity index (χ3n) is 6.10. The van der Waals surface area contributed by atoms with Crippen LogP contribution in [0.2, 0.25) is 0 Å².